The predicted octanol–water partition coefficient (Wildman–Crippen LogP) is 3.52. The minimum absolute atomic E-state index is 0.225. The van der Waals surface area contributed by atoms with E-state index in [0.717, 1.165) is 11.8 Å². The molecule has 1 aliphatic heterocycles. The van der Waals surface area contributed by atoms with Crippen LogP contribution in [0.4, 0.5) is 0 Å². The van der Waals surface area contributed by atoms with Crippen molar-refractivity contribution in [2.45, 2.75) is 23.8 Å². The number of hydrogen-bond acceptors (Lipinski definition) is 5. The molecular formula is C19H18ClN3O3S. The van der Waals surface area contributed by atoms with Crippen LogP contribution in [0.2, 0.25) is 5.02 Å². The lowest BCUT2D eigenvalue weighted by atomic mass is 10.1. The Kier molecular flexibility index (Phi) is 4.99. The largest absolute Gasteiger partial charge is 0.487 e. The van der Waals surface area contributed by atoms with E-state index < -0.39 is 10.0 Å². The quantitative estimate of drug-likeness (QED) is 0.666. The number of sulfonamides is 1. The van der Waals surface area contributed by atoms with Gasteiger partial charge in [0, 0.05) is 36.6 Å². The van der Waals surface area contributed by atoms with E-state index in [1.165, 1.54) is 10.5 Å². The lowest BCUT2D eigenvalue weighted by molar-refractivity contribution is 0.130. The highest BCUT2D eigenvalue weighted by atomic mass is 35.5. The fourth-order valence-corrected chi connectivity index (χ4v) is 5.12. The number of aromatic nitrogens is 2. The molecule has 1 unspecified atom stereocenters. The summed E-state index contributed by atoms with van der Waals surface area (Å²) < 4.78 is 33.9. The molecule has 0 N–H and O–H groups in total. The molecule has 0 bridgehead atoms. The van der Waals surface area contributed by atoms with E-state index >= 15 is 0 Å². The average molecular weight is 404 g/mol. The van der Waals surface area contributed by atoms with E-state index in [0.29, 0.717) is 29.3 Å². The van der Waals surface area contributed by atoms with Crippen molar-refractivity contribution in [3.8, 4) is 5.75 Å². The maximum atomic E-state index is 13.3. The van der Waals surface area contributed by atoms with Gasteiger partial charge >= 0.3 is 0 Å². The molecule has 8 heteroatoms. The Balaban J connectivity index is 1.61. The fourth-order valence-electron chi connectivity index (χ4n) is 3.28. The van der Waals surface area contributed by atoms with E-state index in [2.05, 4.69) is 9.97 Å². The van der Waals surface area contributed by atoms with Gasteiger partial charge in [-0.1, -0.05) is 29.8 Å². The van der Waals surface area contributed by atoms with Gasteiger partial charge in [-0.3, -0.25) is 9.97 Å². The second-order valence-corrected chi connectivity index (χ2v) is 8.70. The van der Waals surface area contributed by atoms with Gasteiger partial charge in [-0.25, -0.2) is 8.42 Å². The van der Waals surface area contributed by atoms with Gasteiger partial charge in [0.15, 0.2) is 0 Å². The van der Waals surface area contributed by atoms with E-state index in [4.69, 9.17) is 16.3 Å². The number of pyridine rings is 2. The summed E-state index contributed by atoms with van der Waals surface area (Å²) in [4.78, 5) is 8.44. The smallest absolute Gasteiger partial charge is 0.245 e. The zero-order valence-corrected chi connectivity index (χ0v) is 16.0. The summed E-state index contributed by atoms with van der Waals surface area (Å²) in [5.74, 6) is 0.516. The van der Waals surface area contributed by atoms with Crippen LogP contribution in [0.5, 0.6) is 5.75 Å². The van der Waals surface area contributed by atoms with Crippen LogP contribution in [0.15, 0.2) is 59.9 Å². The van der Waals surface area contributed by atoms with Crippen LogP contribution in [0.25, 0.3) is 10.9 Å². The Morgan fingerprint density at radius 3 is 2.85 bits per heavy atom. The van der Waals surface area contributed by atoms with Crippen molar-refractivity contribution >= 4 is 32.5 Å². The van der Waals surface area contributed by atoms with Crippen LogP contribution in [-0.2, 0) is 10.0 Å². The molecule has 1 atom stereocenters. The zero-order valence-electron chi connectivity index (χ0n) is 14.5. The molecular weight excluding hydrogens is 386 g/mol. The number of para-hydroxylation sites is 1. The van der Waals surface area contributed by atoms with Crippen molar-refractivity contribution in [1.29, 1.82) is 0 Å². The SMILES string of the molecule is O=S(=O)(c1cccc2cccnc12)N1CCCC(Oc2ccncc2Cl)C1. The number of nitrogens with zero attached hydrogens (tertiary/aromatic N) is 3. The molecule has 3 aromatic rings. The van der Waals surface area contributed by atoms with Gasteiger partial charge < -0.3 is 4.74 Å². The number of ether oxygens (including phenoxy) is 1. The molecule has 0 amide bonds. The second-order valence-electron chi connectivity index (χ2n) is 6.38. The Hall–Kier alpha value is -2.22. The molecule has 6 nitrogen and oxygen atoms in total. The summed E-state index contributed by atoms with van der Waals surface area (Å²) in [6, 6.07) is 10.5. The number of halogens is 1. The van der Waals surface area contributed by atoms with Crippen LogP contribution in [0.1, 0.15) is 12.8 Å². The summed E-state index contributed by atoms with van der Waals surface area (Å²) in [6.07, 6.45) is 5.92. The highest BCUT2D eigenvalue weighted by molar-refractivity contribution is 7.89. The van der Waals surface area contributed by atoms with Crippen molar-refractivity contribution in [2.75, 3.05) is 13.1 Å². The first kappa shape index (κ1) is 18.2. The lowest BCUT2D eigenvalue weighted by Crippen LogP contribution is -2.44. The van der Waals surface area contributed by atoms with E-state index in [9.17, 15) is 8.42 Å². The zero-order chi connectivity index (χ0) is 18.9. The summed E-state index contributed by atoms with van der Waals surface area (Å²) in [7, 11) is -3.68. The third-order valence-electron chi connectivity index (χ3n) is 4.58. The van der Waals surface area contributed by atoms with Gasteiger partial charge in [-0.15, -0.1) is 0 Å². The number of hydrogen-bond donors (Lipinski definition) is 0. The second kappa shape index (κ2) is 7.42. The molecule has 0 radical (unpaired) electrons. The number of fused-ring (bicyclic) bond motifs is 1. The van der Waals surface area contributed by atoms with Gasteiger partial charge in [0.1, 0.15) is 21.8 Å². The van der Waals surface area contributed by atoms with Crippen LogP contribution in [-0.4, -0.2) is 41.9 Å². The van der Waals surface area contributed by atoms with Crippen molar-refractivity contribution in [3.63, 3.8) is 0 Å². The first-order valence-electron chi connectivity index (χ1n) is 8.66. The summed E-state index contributed by atoms with van der Waals surface area (Å²) in [6.45, 7) is 0.722. The molecule has 3 heterocycles. The van der Waals surface area contributed by atoms with Gasteiger partial charge in [-0.05, 0) is 25.0 Å². The molecule has 27 heavy (non-hydrogen) atoms. The minimum Gasteiger partial charge on any atom is -0.487 e. The van der Waals surface area contributed by atoms with Crippen molar-refractivity contribution in [3.05, 3.63) is 60.0 Å². The Morgan fingerprint density at radius 1 is 1.15 bits per heavy atom. The van der Waals surface area contributed by atoms with Gasteiger partial charge in [0.05, 0.1) is 12.1 Å². The minimum atomic E-state index is -3.68. The normalized spacial score (nSPS) is 18.5. The van der Waals surface area contributed by atoms with Crippen molar-refractivity contribution in [2.24, 2.45) is 0 Å². The van der Waals surface area contributed by atoms with E-state index in [1.807, 2.05) is 12.1 Å². The number of rotatable bonds is 4. The summed E-state index contributed by atoms with van der Waals surface area (Å²) in [5.41, 5.74) is 0.486. The summed E-state index contributed by atoms with van der Waals surface area (Å²) in [5, 5.41) is 1.21. The van der Waals surface area contributed by atoms with Crippen LogP contribution < -0.4 is 4.74 Å². The monoisotopic (exact) mass is 403 g/mol. The van der Waals surface area contributed by atoms with Gasteiger partial charge in [0.2, 0.25) is 10.0 Å². The lowest BCUT2D eigenvalue weighted by Gasteiger charge is -2.32. The maximum absolute atomic E-state index is 13.3. The van der Waals surface area contributed by atoms with Crippen molar-refractivity contribution in [1.82, 2.24) is 14.3 Å². The number of benzene rings is 1. The van der Waals surface area contributed by atoms with E-state index in [-0.39, 0.29) is 17.5 Å². The fraction of sp³-hybridized carbons (Fsp3) is 0.263. The van der Waals surface area contributed by atoms with Crippen LogP contribution in [0, 0.1) is 0 Å². The highest BCUT2D eigenvalue weighted by Crippen LogP contribution is 2.29. The summed E-state index contributed by atoms with van der Waals surface area (Å²) >= 11 is 6.10. The first-order valence-corrected chi connectivity index (χ1v) is 10.5. The van der Waals surface area contributed by atoms with Gasteiger partial charge in [-0.2, -0.15) is 4.31 Å². The third kappa shape index (κ3) is 3.63. The first-order chi connectivity index (χ1) is 13.1. The highest BCUT2D eigenvalue weighted by Gasteiger charge is 2.32. The predicted molar refractivity (Wildman–Crippen MR) is 103 cm³/mol. The molecule has 0 spiro atoms. The molecule has 4 rings (SSSR count). The topological polar surface area (TPSA) is 72.4 Å². The molecule has 140 valence electrons. The van der Waals surface area contributed by atoms with Crippen LogP contribution in [0.3, 0.4) is 0 Å². The standard InChI is InChI=1S/C19H18ClN3O3S/c20-16-12-21-10-8-17(16)26-15-6-3-11-23(13-15)27(24,25)18-7-1-4-14-5-2-9-22-19(14)18/h1-2,4-5,7-10,12,15H,3,6,11,13H2. The molecule has 1 fully saturated rings. The average Bonchev–Trinajstić information content (AvgIpc) is 2.69. The maximum Gasteiger partial charge on any atom is 0.245 e. The molecule has 1 saturated heterocycles. The molecule has 1 aromatic carbocycles. The van der Waals surface area contributed by atoms with Crippen molar-refractivity contribution < 1.29 is 13.2 Å². The van der Waals surface area contributed by atoms with Crippen LogP contribution >= 0.6 is 11.6 Å². The Labute approximate surface area is 162 Å². The Bertz CT molecular complexity index is 1070. The molecule has 0 aliphatic carbocycles. The molecule has 1 aliphatic rings. The molecule has 0 saturated carbocycles. The Morgan fingerprint density at radius 2 is 2.00 bits per heavy atom. The van der Waals surface area contributed by atoms with E-state index in [1.54, 1.807) is 36.7 Å². The third-order valence-corrected chi connectivity index (χ3v) is 6.76. The van der Waals surface area contributed by atoms with Gasteiger partial charge in [0.25, 0.3) is 0 Å². The molecule has 2 aromatic heterocycles. The number of piperidine rings is 1.